The number of amides is 1. The molecule has 1 aliphatic heterocycles. The molecule has 3 N–H and O–H groups in total. The minimum Gasteiger partial charge on any atom is -0.481 e. The van der Waals surface area contributed by atoms with Crippen LogP contribution in [0.15, 0.2) is 0 Å². The Morgan fingerprint density at radius 2 is 2.18 bits per heavy atom. The van der Waals surface area contributed by atoms with Crippen molar-refractivity contribution in [3.8, 4) is 0 Å². The molecule has 1 saturated heterocycles. The lowest BCUT2D eigenvalue weighted by Crippen LogP contribution is -2.45. The molecular formula is C11H19NO5. The van der Waals surface area contributed by atoms with Gasteiger partial charge in [-0.05, 0) is 20.3 Å². The van der Waals surface area contributed by atoms with Crippen molar-refractivity contribution in [3.63, 3.8) is 0 Å². The van der Waals surface area contributed by atoms with Gasteiger partial charge in [-0.2, -0.15) is 0 Å². The van der Waals surface area contributed by atoms with E-state index in [-0.39, 0.29) is 24.5 Å². The summed E-state index contributed by atoms with van der Waals surface area (Å²) in [6.45, 7) is 3.70. The van der Waals surface area contributed by atoms with Crippen LogP contribution >= 0.6 is 0 Å². The predicted octanol–water partition coefficient (Wildman–Crippen LogP) is -0.247. The maximum Gasteiger partial charge on any atom is 0.306 e. The largest absolute Gasteiger partial charge is 0.481 e. The van der Waals surface area contributed by atoms with Crippen molar-refractivity contribution in [2.24, 2.45) is 5.92 Å². The number of ether oxygens (including phenoxy) is 1. The number of aliphatic carboxylic acids is 1. The molecule has 0 aliphatic carbocycles. The summed E-state index contributed by atoms with van der Waals surface area (Å²) in [5.74, 6) is -1.50. The Bertz CT molecular complexity index is 302. The summed E-state index contributed by atoms with van der Waals surface area (Å²) in [6, 6.07) is 0. The van der Waals surface area contributed by atoms with E-state index in [0.717, 1.165) is 0 Å². The van der Waals surface area contributed by atoms with Gasteiger partial charge in [0.2, 0.25) is 5.91 Å². The van der Waals surface area contributed by atoms with Crippen molar-refractivity contribution in [2.45, 2.75) is 38.4 Å². The molecule has 3 atom stereocenters. The van der Waals surface area contributed by atoms with Gasteiger partial charge in [-0.1, -0.05) is 0 Å². The summed E-state index contributed by atoms with van der Waals surface area (Å²) in [6.07, 6.45) is 0.136. The Hall–Kier alpha value is -1.14. The first-order chi connectivity index (χ1) is 7.82. The van der Waals surface area contributed by atoms with Crippen LogP contribution in [0.25, 0.3) is 0 Å². The lowest BCUT2D eigenvalue weighted by Gasteiger charge is -2.23. The fourth-order valence-electron chi connectivity index (χ4n) is 1.87. The van der Waals surface area contributed by atoms with E-state index in [9.17, 15) is 14.7 Å². The number of aliphatic hydroxyl groups is 1. The number of hydrogen-bond acceptors (Lipinski definition) is 4. The van der Waals surface area contributed by atoms with Crippen molar-refractivity contribution >= 4 is 11.9 Å². The van der Waals surface area contributed by atoms with Crippen molar-refractivity contribution in [1.29, 1.82) is 0 Å². The summed E-state index contributed by atoms with van der Waals surface area (Å²) in [5, 5.41) is 20.9. The van der Waals surface area contributed by atoms with Crippen molar-refractivity contribution in [2.75, 3.05) is 13.2 Å². The number of carboxylic acids is 1. The van der Waals surface area contributed by atoms with Crippen LogP contribution < -0.4 is 5.32 Å². The first-order valence-electron chi connectivity index (χ1n) is 5.65. The van der Waals surface area contributed by atoms with Gasteiger partial charge in [0.25, 0.3) is 0 Å². The maximum atomic E-state index is 11.7. The number of rotatable bonds is 5. The number of hydrogen-bond donors (Lipinski definition) is 3. The molecule has 0 aromatic heterocycles. The first kappa shape index (κ1) is 13.9. The normalized spacial score (nSPS) is 27.5. The fourth-order valence-corrected chi connectivity index (χ4v) is 1.87. The third kappa shape index (κ3) is 4.32. The van der Waals surface area contributed by atoms with Gasteiger partial charge < -0.3 is 20.3 Å². The van der Waals surface area contributed by atoms with E-state index in [1.165, 1.54) is 6.92 Å². The lowest BCUT2D eigenvalue weighted by atomic mass is 9.99. The number of nitrogens with one attached hydrogen (secondary N) is 1. The minimum atomic E-state index is -1.43. The summed E-state index contributed by atoms with van der Waals surface area (Å²) in [5.41, 5.74) is -1.43. The number of carboxylic acid groups (broad SMARTS) is 1. The lowest BCUT2D eigenvalue weighted by molar-refractivity contribution is -0.142. The molecule has 1 fully saturated rings. The average Bonchev–Trinajstić information content (AvgIpc) is 2.59. The third-order valence-corrected chi connectivity index (χ3v) is 2.89. The van der Waals surface area contributed by atoms with Gasteiger partial charge in [-0.25, -0.2) is 0 Å². The van der Waals surface area contributed by atoms with Crippen molar-refractivity contribution in [3.05, 3.63) is 0 Å². The molecule has 1 rings (SSSR count). The molecule has 0 bridgehead atoms. The van der Waals surface area contributed by atoms with Gasteiger partial charge in [-0.3, -0.25) is 9.59 Å². The van der Waals surface area contributed by atoms with Gasteiger partial charge in [0.15, 0.2) is 0 Å². The van der Waals surface area contributed by atoms with E-state index in [4.69, 9.17) is 9.84 Å². The molecular weight excluding hydrogens is 226 g/mol. The predicted molar refractivity (Wildman–Crippen MR) is 59.4 cm³/mol. The van der Waals surface area contributed by atoms with Crippen molar-refractivity contribution < 1.29 is 24.5 Å². The van der Waals surface area contributed by atoms with Crippen molar-refractivity contribution in [1.82, 2.24) is 5.32 Å². The zero-order valence-electron chi connectivity index (χ0n) is 10.1. The summed E-state index contributed by atoms with van der Waals surface area (Å²) < 4.78 is 5.27. The van der Waals surface area contributed by atoms with Crippen LogP contribution in [-0.4, -0.2) is 46.9 Å². The third-order valence-electron chi connectivity index (χ3n) is 2.89. The highest BCUT2D eigenvalue weighted by atomic mass is 16.5. The van der Waals surface area contributed by atoms with E-state index in [0.29, 0.717) is 13.0 Å². The van der Waals surface area contributed by atoms with Crippen LogP contribution in [0.2, 0.25) is 0 Å². The zero-order chi connectivity index (χ0) is 13.1. The Balaban J connectivity index is 2.39. The Morgan fingerprint density at radius 3 is 2.65 bits per heavy atom. The van der Waals surface area contributed by atoms with Crippen LogP contribution in [0, 0.1) is 5.92 Å². The minimum absolute atomic E-state index is 0.0681. The highest BCUT2D eigenvalue weighted by Gasteiger charge is 2.32. The SMILES string of the molecule is CC1OCCC1C(=O)NCC(C)(O)CC(=O)O. The van der Waals surface area contributed by atoms with Gasteiger partial charge in [0, 0.05) is 13.2 Å². The second kappa shape index (κ2) is 5.46. The molecule has 0 aromatic carbocycles. The topological polar surface area (TPSA) is 95.9 Å². The number of carbonyl (C=O) groups is 2. The second-order valence-electron chi connectivity index (χ2n) is 4.76. The Labute approximate surface area is 100.0 Å². The average molecular weight is 245 g/mol. The molecule has 0 radical (unpaired) electrons. The quantitative estimate of drug-likeness (QED) is 0.621. The molecule has 1 amide bonds. The van der Waals surface area contributed by atoms with E-state index < -0.39 is 18.0 Å². The van der Waals surface area contributed by atoms with E-state index >= 15 is 0 Å². The molecule has 3 unspecified atom stereocenters. The maximum absolute atomic E-state index is 11.7. The first-order valence-corrected chi connectivity index (χ1v) is 5.65. The monoisotopic (exact) mass is 245 g/mol. The number of carbonyl (C=O) groups excluding carboxylic acids is 1. The Kier molecular flexibility index (Phi) is 4.47. The van der Waals surface area contributed by atoms with E-state index in [1.807, 2.05) is 6.92 Å². The highest BCUT2D eigenvalue weighted by Crippen LogP contribution is 2.20. The van der Waals surface area contributed by atoms with Crippen LogP contribution in [0.4, 0.5) is 0 Å². The van der Waals surface area contributed by atoms with E-state index in [2.05, 4.69) is 5.32 Å². The standard InChI is InChI=1S/C11H19NO5/c1-7-8(3-4-17-7)10(15)12-6-11(2,16)5-9(13)14/h7-8,16H,3-6H2,1-2H3,(H,12,15)(H,13,14). The van der Waals surface area contributed by atoms with Crippen LogP contribution in [0.3, 0.4) is 0 Å². The Morgan fingerprint density at radius 1 is 1.53 bits per heavy atom. The van der Waals surface area contributed by atoms with Crippen LogP contribution in [0.1, 0.15) is 26.7 Å². The fraction of sp³-hybridized carbons (Fsp3) is 0.818. The molecule has 6 heteroatoms. The van der Waals surface area contributed by atoms with Gasteiger partial charge in [0.05, 0.1) is 24.0 Å². The molecule has 1 heterocycles. The summed E-state index contributed by atoms with van der Waals surface area (Å²) >= 11 is 0. The smallest absolute Gasteiger partial charge is 0.306 e. The molecule has 0 aromatic rings. The van der Waals surface area contributed by atoms with Gasteiger partial charge in [-0.15, -0.1) is 0 Å². The van der Waals surface area contributed by atoms with Crippen LogP contribution in [0.5, 0.6) is 0 Å². The van der Waals surface area contributed by atoms with E-state index in [1.54, 1.807) is 0 Å². The molecule has 6 nitrogen and oxygen atoms in total. The van der Waals surface area contributed by atoms with Gasteiger partial charge in [0.1, 0.15) is 0 Å². The molecule has 17 heavy (non-hydrogen) atoms. The highest BCUT2D eigenvalue weighted by molar-refractivity contribution is 5.79. The van der Waals surface area contributed by atoms with Crippen LogP contribution in [-0.2, 0) is 14.3 Å². The molecule has 0 spiro atoms. The van der Waals surface area contributed by atoms with Gasteiger partial charge >= 0.3 is 5.97 Å². The zero-order valence-corrected chi connectivity index (χ0v) is 10.1. The molecule has 0 saturated carbocycles. The second-order valence-corrected chi connectivity index (χ2v) is 4.76. The summed E-state index contributed by atoms with van der Waals surface area (Å²) in [7, 11) is 0. The summed E-state index contributed by atoms with van der Waals surface area (Å²) in [4.78, 5) is 22.2. The molecule has 98 valence electrons. The molecule has 1 aliphatic rings.